The van der Waals surface area contributed by atoms with Gasteiger partial charge in [-0.3, -0.25) is 9.48 Å². The van der Waals surface area contributed by atoms with Crippen molar-refractivity contribution in [3.05, 3.63) is 17.5 Å². The number of hydrogen-bond donors (Lipinski definition) is 2. The molecule has 0 bridgehead atoms. The van der Waals surface area contributed by atoms with E-state index in [2.05, 4.69) is 15.7 Å². The lowest BCUT2D eigenvalue weighted by Crippen LogP contribution is -2.56. The van der Waals surface area contributed by atoms with Crippen molar-refractivity contribution in [2.24, 2.45) is 7.05 Å². The molecule has 5 heteroatoms. The molecule has 0 spiro atoms. The average molecular weight is 250 g/mol. The molecule has 1 atom stereocenters. The highest BCUT2D eigenvalue weighted by molar-refractivity contribution is 5.85. The van der Waals surface area contributed by atoms with Crippen molar-refractivity contribution < 1.29 is 4.79 Å². The lowest BCUT2D eigenvalue weighted by molar-refractivity contribution is -0.128. The summed E-state index contributed by atoms with van der Waals surface area (Å²) >= 11 is 0. The van der Waals surface area contributed by atoms with E-state index in [1.807, 2.05) is 27.1 Å². The van der Waals surface area contributed by atoms with Crippen molar-refractivity contribution in [2.75, 3.05) is 6.54 Å². The summed E-state index contributed by atoms with van der Waals surface area (Å²) in [5.41, 5.74) is 1.64. The van der Waals surface area contributed by atoms with Gasteiger partial charge in [0.15, 0.2) is 0 Å². The Bertz CT molecular complexity index is 432. The van der Waals surface area contributed by atoms with E-state index in [9.17, 15) is 4.79 Å². The number of nitrogens with zero attached hydrogens (tertiary/aromatic N) is 2. The molecule has 1 saturated heterocycles. The van der Waals surface area contributed by atoms with E-state index < -0.39 is 5.54 Å². The normalized spacial score (nSPS) is 23.9. The Hall–Kier alpha value is -1.36. The molecule has 1 aliphatic heterocycles. The first-order valence-electron chi connectivity index (χ1n) is 6.54. The first-order valence-corrected chi connectivity index (χ1v) is 6.54. The predicted octanol–water partition coefficient (Wildman–Crippen LogP) is 0.877. The molecule has 100 valence electrons. The summed E-state index contributed by atoms with van der Waals surface area (Å²) in [6, 6.07) is 0. The SMILES string of the molecule is Cc1nn(C)cc1CNC(=O)C1(C)CCCCN1. The zero-order valence-corrected chi connectivity index (χ0v) is 11.4. The van der Waals surface area contributed by atoms with Gasteiger partial charge in [0.05, 0.1) is 11.2 Å². The Kier molecular flexibility index (Phi) is 3.71. The predicted molar refractivity (Wildman–Crippen MR) is 70.1 cm³/mol. The summed E-state index contributed by atoms with van der Waals surface area (Å²) in [5, 5.41) is 10.6. The van der Waals surface area contributed by atoms with E-state index in [-0.39, 0.29) is 5.91 Å². The molecule has 5 nitrogen and oxygen atoms in total. The summed E-state index contributed by atoms with van der Waals surface area (Å²) in [7, 11) is 1.89. The Morgan fingerprint density at radius 3 is 2.94 bits per heavy atom. The molecule has 0 radical (unpaired) electrons. The summed E-state index contributed by atoms with van der Waals surface area (Å²) in [4.78, 5) is 12.2. The highest BCUT2D eigenvalue weighted by Crippen LogP contribution is 2.19. The molecule has 2 N–H and O–H groups in total. The quantitative estimate of drug-likeness (QED) is 0.837. The highest BCUT2D eigenvalue weighted by atomic mass is 16.2. The van der Waals surface area contributed by atoms with Gasteiger partial charge < -0.3 is 10.6 Å². The molecule has 1 aromatic heterocycles. The van der Waals surface area contributed by atoms with Gasteiger partial charge in [-0.1, -0.05) is 0 Å². The lowest BCUT2D eigenvalue weighted by Gasteiger charge is -2.33. The minimum Gasteiger partial charge on any atom is -0.350 e. The van der Waals surface area contributed by atoms with Crippen LogP contribution in [0.2, 0.25) is 0 Å². The van der Waals surface area contributed by atoms with Crippen molar-refractivity contribution in [1.29, 1.82) is 0 Å². The zero-order chi connectivity index (χ0) is 13.2. The van der Waals surface area contributed by atoms with Crippen LogP contribution in [0.15, 0.2) is 6.20 Å². The molecule has 2 heterocycles. The van der Waals surface area contributed by atoms with Crippen LogP contribution in [0, 0.1) is 6.92 Å². The van der Waals surface area contributed by atoms with Gasteiger partial charge in [-0.15, -0.1) is 0 Å². The summed E-state index contributed by atoms with van der Waals surface area (Å²) < 4.78 is 1.78. The summed E-state index contributed by atoms with van der Waals surface area (Å²) in [5.74, 6) is 0.0884. The van der Waals surface area contributed by atoms with E-state index in [4.69, 9.17) is 0 Å². The van der Waals surface area contributed by atoms with E-state index >= 15 is 0 Å². The number of aryl methyl sites for hydroxylation is 2. The van der Waals surface area contributed by atoms with E-state index in [0.29, 0.717) is 6.54 Å². The molecule has 1 aromatic rings. The van der Waals surface area contributed by atoms with Crippen LogP contribution in [-0.2, 0) is 18.4 Å². The highest BCUT2D eigenvalue weighted by Gasteiger charge is 2.33. The molecule has 0 aromatic carbocycles. The van der Waals surface area contributed by atoms with E-state index in [1.54, 1.807) is 4.68 Å². The Morgan fingerprint density at radius 1 is 1.61 bits per heavy atom. The number of carbonyl (C=O) groups excluding carboxylic acids is 1. The van der Waals surface area contributed by atoms with Crippen LogP contribution < -0.4 is 10.6 Å². The molecular formula is C13H22N4O. The third-order valence-electron chi connectivity index (χ3n) is 3.67. The summed E-state index contributed by atoms with van der Waals surface area (Å²) in [6.45, 7) is 5.42. The van der Waals surface area contributed by atoms with Crippen LogP contribution in [0.25, 0.3) is 0 Å². The van der Waals surface area contributed by atoms with E-state index in [1.165, 1.54) is 0 Å². The van der Waals surface area contributed by atoms with Crippen LogP contribution in [-0.4, -0.2) is 27.8 Å². The molecule has 18 heavy (non-hydrogen) atoms. The number of carbonyl (C=O) groups is 1. The topological polar surface area (TPSA) is 59.0 Å². The van der Waals surface area contributed by atoms with Gasteiger partial charge in [-0.2, -0.15) is 5.10 Å². The smallest absolute Gasteiger partial charge is 0.240 e. The Morgan fingerprint density at radius 2 is 2.39 bits per heavy atom. The second-order valence-electron chi connectivity index (χ2n) is 5.31. The van der Waals surface area contributed by atoms with Gasteiger partial charge in [-0.25, -0.2) is 0 Å². The standard InChI is InChI=1S/C13H22N4O/c1-10-11(9-17(3)16-10)8-14-12(18)13(2)6-4-5-7-15-13/h9,15H,4-8H2,1-3H3,(H,14,18). The van der Waals surface area contributed by atoms with Crippen molar-refractivity contribution in [1.82, 2.24) is 20.4 Å². The monoisotopic (exact) mass is 250 g/mol. The third-order valence-corrected chi connectivity index (χ3v) is 3.67. The maximum atomic E-state index is 12.2. The first kappa shape index (κ1) is 13.1. The maximum absolute atomic E-state index is 12.2. The minimum atomic E-state index is -0.408. The fourth-order valence-corrected chi connectivity index (χ4v) is 2.44. The molecule has 1 unspecified atom stereocenters. The van der Waals surface area contributed by atoms with Gasteiger partial charge in [-0.05, 0) is 39.7 Å². The lowest BCUT2D eigenvalue weighted by atomic mass is 9.90. The fourth-order valence-electron chi connectivity index (χ4n) is 2.44. The molecule has 1 fully saturated rings. The fraction of sp³-hybridized carbons (Fsp3) is 0.692. The number of aromatic nitrogens is 2. The number of rotatable bonds is 3. The summed E-state index contributed by atoms with van der Waals surface area (Å²) in [6.07, 6.45) is 5.13. The third kappa shape index (κ3) is 2.72. The average Bonchev–Trinajstić information content (AvgIpc) is 2.65. The van der Waals surface area contributed by atoms with Gasteiger partial charge in [0.2, 0.25) is 5.91 Å². The van der Waals surface area contributed by atoms with Gasteiger partial charge in [0, 0.05) is 25.4 Å². The molecule has 1 aliphatic rings. The van der Waals surface area contributed by atoms with Crippen LogP contribution in [0.3, 0.4) is 0 Å². The van der Waals surface area contributed by atoms with E-state index in [0.717, 1.165) is 37.1 Å². The van der Waals surface area contributed by atoms with Gasteiger partial charge in [0.1, 0.15) is 0 Å². The van der Waals surface area contributed by atoms with Crippen LogP contribution in [0.4, 0.5) is 0 Å². The number of amides is 1. The number of piperidine rings is 1. The van der Waals surface area contributed by atoms with Crippen molar-refractivity contribution in [2.45, 2.75) is 45.2 Å². The second kappa shape index (κ2) is 5.10. The second-order valence-corrected chi connectivity index (χ2v) is 5.31. The van der Waals surface area contributed by atoms with Crippen LogP contribution in [0.1, 0.15) is 37.4 Å². The molecule has 2 rings (SSSR count). The van der Waals surface area contributed by atoms with Gasteiger partial charge >= 0.3 is 0 Å². The van der Waals surface area contributed by atoms with Gasteiger partial charge in [0.25, 0.3) is 0 Å². The van der Waals surface area contributed by atoms with Crippen LogP contribution in [0.5, 0.6) is 0 Å². The molecular weight excluding hydrogens is 228 g/mol. The van der Waals surface area contributed by atoms with Crippen molar-refractivity contribution in [3.8, 4) is 0 Å². The van der Waals surface area contributed by atoms with Crippen LogP contribution >= 0.6 is 0 Å². The van der Waals surface area contributed by atoms with Crippen molar-refractivity contribution >= 4 is 5.91 Å². The zero-order valence-electron chi connectivity index (χ0n) is 11.4. The Balaban J connectivity index is 1.93. The molecule has 0 saturated carbocycles. The number of nitrogens with one attached hydrogen (secondary N) is 2. The van der Waals surface area contributed by atoms with Crippen molar-refractivity contribution in [3.63, 3.8) is 0 Å². The minimum absolute atomic E-state index is 0.0884. The number of hydrogen-bond acceptors (Lipinski definition) is 3. The molecule has 0 aliphatic carbocycles. The molecule has 1 amide bonds. The Labute approximate surface area is 108 Å². The first-order chi connectivity index (χ1) is 8.51. The largest absolute Gasteiger partial charge is 0.350 e. The maximum Gasteiger partial charge on any atom is 0.240 e.